The van der Waals surface area contributed by atoms with Gasteiger partial charge in [0, 0.05) is 23.1 Å². The Balaban J connectivity index is 1.74. The minimum atomic E-state index is -0.541. The Morgan fingerprint density at radius 3 is 2.55 bits per heavy atom. The first-order valence-corrected chi connectivity index (χ1v) is 11.5. The van der Waals surface area contributed by atoms with Crippen molar-refractivity contribution in [2.24, 2.45) is 0 Å². The second kappa shape index (κ2) is 10.8. The van der Waals surface area contributed by atoms with E-state index in [0.717, 1.165) is 46.8 Å². The Kier molecular flexibility index (Phi) is 8.14. The number of esters is 1. The van der Waals surface area contributed by atoms with Crippen LogP contribution in [0.4, 0.5) is 4.79 Å². The number of rotatable bonds is 6. The summed E-state index contributed by atoms with van der Waals surface area (Å²) in [4.78, 5) is 52.2. The summed E-state index contributed by atoms with van der Waals surface area (Å²) in [6, 6.07) is 5.09. The van der Waals surface area contributed by atoms with Crippen LogP contribution in [0.25, 0.3) is 6.08 Å². The highest BCUT2D eigenvalue weighted by Crippen LogP contribution is 2.35. The molecule has 2 saturated heterocycles. The summed E-state index contributed by atoms with van der Waals surface area (Å²) < 4.78 is 10.8. The number of benzene rings is 1. The van der Waals surface area contributed by atoms with Crippen molar-refractivity contribution < 1.29 is 28.7 Å². The monoisotopic (exact) mass is 510 g/mol. The summed E-state index contributed by atoms with van der Waals surface area (Å²) in [6.45, 7) is 0.768. The van der Waals surface area contributed by atoms with Gasteiger partial charge >= 0.3 is 5.97 Å². The number of hydrogen-bond donors (Lipinski definition) is 0. The second-order valence-electron chi connectivity index (χ2n) is 7.11. The maximum absolute atomic E-state index is 12.8. The summed E-state index contributed by atoms with van der Waals surface area (Å²) >= 11 is 4.14. The van der Waals surface area contributed by atoms with Crippen LogP contribution in [0, 0.1) is 0 Å². The lowest BCUT2D eigenvalue weighted by Gasteiger charge is -2.22. The molecule has 0 radical (unpaired) electrons. The van der Waals surface area contributed by atoms with E-state index < -0.39 is 17.1 Å². The molecule has 0 bridgehead atoms. The molecule has 8 nitrogen and oxygen atoms in total. The molecule has 0 spiro atoms. The van der Waals surface area contributed by atoms with Gasteiger partial charge in [0.1, 0.15) is 12.3 Å². The molecule has 0 atom stereocenters. The summed E-state index contributed by atoms with van der Waals surface area (Å²) in [5.74, 6) is -0.908. The number of likely N-dealkylation sites (tertiary alicyclic amines) is 1. The van der Waals surface area contributed by atoms with Gasteiger partial charge in [-0.2, -0.15) is 0 Å². The predicted molar refractivity (Wildman–Crippen MR) is 119 cm³/mol. The number of ether oxygens (including phenoxy) is 2. The van der Waals surface area contributed by atoms with Crippen molar-refractivity contribution in [2.45, 2.75) is 25.7 Å². The van der Waals surface area contributed by atoms with Crippen molar-refractivity contribution in [1.82, 2.24) is 9.80 Å². The zero-order valence-corrected chi connectivity index (χ0v) is 19.5. The predicted octanol–water partition coefficient (Wildman–Crippen LogP) is 3.44. The number of methoxy groups -OCH3 is 1. The molecule has 2 fully saturated rings. The summed E-state index contributed by atoms with van der Waals surface area (Å²) in [6.07, 6.45) is 5.57. The average molecular weight is 511 g/mol. The van der Waals surface area contributed by atoms with Gasteiger partial charge < -0.3 is 14.4 Å². The fraction of sp³-hybridized carbons (Fsp3) is 0.429. The maximum Gasteiger partial charge on any atom is 0.343 e. The molecule has 0 aliphatic carbocycles. The van der Waals surface area contributed by atoms with Crippen molar-refractivity contribution in [3.63, 3.8) is 0 Å². The molecule has 1 aromatic carbocycles. The van der Waals surface area contributed by atoms with Crippen molar-refractivity contribution in [3.05, 3.63) is 33.1 Å². The SMILES string of the molecule is COC(=O)COc1ccc(Br)cc1C=C1SC(=O)N(CC(=O)N2CCCCCC2)C1=O. The minimum Gasteiger partial charge on any atom is -0.481 e. The minimum absolute atomic E-state index is 0.190. The summed E-state index contributed by atoms with van der Waals surface area (Å²) in [5.41, 5.74) is 0.516. The first kappa shape index (κ1) is 23.3. The Morgan fingerprint density at radius 1 is 1.16 bits per heavy atom. The third kappa shape index (κ3) is 6.10. The molecule has 1 aromatic rings. The van der Waals surface area contributed by atoms with Gasteiger partial charge in [0.2, 0.25) is 5.91 Å². The van der Waals surface area contributed by atoms with E-state index in [9.17, 15) is 19.2 Å². The van der Waals surface area contributed by atoms with Crippen LogP contribution in [0.2, 0.25) is 0 Å². The van der Waals surface area contributed by atoms with Crippen molar-refractivity contribution in [2.75, 3.05) is 33.4 Å². The zero-order valence-electron chi connectivity index (χ0n) is 17.1. The number of nitrogens with zero attached hydrogens (tertiary/aromatic N) is 2. The lowest BCUT2D eigenvalue weighted by Crippen LogP contribution is -2.42. The van der Waals surface area contributed by atoms with E-state index in [4.69, 9.17) is 4.74 Å². The molecule has 0 N–H and O–H groups in total. The molecule has 0 aromatic heterocycles. The van der Waals surface area contributed by atoms with Crippen molar-refractivity contribution in [3.8, 4) is 5.75 Å². The molecule has 31 heavy (non-hydrogen) atoms. The molecule has 2 aliphatic rings. The lowest BCUT2D eigenvalue weighted by molar-refractivity contribution is -0.143. The summed E-state index contributed by atoms with van der Waals surface area (Å²) in [5, 5.41) is -0.480. The number of halogens is 1. The van der Waals surface area contributed by atoms with Crippen LogP contribution < -0.4 is 4.74 Å². The van der Waals surface area contributed by atoms with Gasteiger partial charge in [0.25, 0.3) is 11.1 Å². The highest BCUT2D eigenvalue weighted by Gasteiger charge is 2.37. The Labute approximate surface area is 193 Å². The fourth-order valence-electron chi connectivity index (χ4n) is 3.29. The first-order chi connectivity index (χ1) is 14.9. The van der Waals surface area contributed by atoms with E-state index in [0.29, 0.717) is 24.4 Å². The smallest absolute Gasteiger partial charge is 0.343 e. The van der Waals surface area contributed by atoms with Crippen LogP contribution in [0.5, 0.6) is 5.75 Å². The highest BCUT2D eigenvalue weighted by molar-refractivity contribution is 9.10. The van der Waals surface area contributed by atoms with Gasteiger partial charge in [0.15, 0.2) is 6.61 Å². The molecule has 10 heteroatoms. The van der Waals surface area contributed by atoms with Gasteiger partial charge in [-0.15, -0.1) is 0 Å². The van der Waals surface area contributed by atoms with Crippen molar-refractivity contribution in [1.29, 1.82) is 0 Å². The number of imide groups is 1. The van der Waals surface area contributed by atoms with E-state index in [1.54, 1.807) is 23.1 Å². The fourth-order valence-corrected chi connectivity index (χ4v) is 4.50. The number of amides is 3. The average Bonchev–Trinajstić information content (AvgIpc) is 2.95. The van der Waals surface area contributed by atoms with Gasteiger partial charge in [0.05, 0.1) is 12.0 Å². The molecule has 3 amide bonds. The van der Waals surface area contributed by atoms with E-state index >= 15 is 0 Å². The lowest BCUT2D eigenvalue weighted by atomic mass is 10.2. The van der Waals surface area contributed by atoms with Crippen LogP contribution in [-0.2, 0) is 19.1 Å². The Bertz CT molecular complexity index is 911. The molecular formula is C21H23BrN2O6S. The third-order valence-corrected chi connectivity index (χ3v) is 6.36. The Hall–Kier alpha value is -2.33. The van der Waals surface area contributed by atoms with Crippen LogP contribution >= 0.6 is 27.7 Å². The molecule has 0 unspecified atom stereocenters. The first-order valence-electron chi connectivity index (χ1n) is 9.91. The van der Waals surface area contributed by atoms with Gasteiger partial charge in [-0.25, -0.2) is 4.79 Å². The molecule has 2 aliphatic heterocycles. The normalized spacial score (nSPS) is 18.3. The van der Waals surface area contributed by atoms with Crippen molar-refractivity contribution >= 4 is 56.8 Å². The summed E-state index contributed by atoms with van der Waals surface area (Å²) in [7, 11) is 1.26. The zero-order chi connectivity index (χ0) is 22.4. The largest absolute Gasteiger partial charge is 0.481 e. The van der Waals surface area contributed by atoms with Crippen LogP contribution in [0.15, 0.2) is 27.6 Å². The third-order valence-electron chi connectivity index (χ3n) is 4.96. The topological polar surface area (TPSA) is 93.2 Å². The number of carbonyl (C=O) groups excluding carboxylic acids is 4. The number of carbonyl (C=O) groups is 4. The molecule has 166 valence electrons. The highest BCUT2D eigenvalue weighted by atomic mass is 79.9. The maximum atomic E-state index is 12.8. The van der Waals surface area contributed by atoms with E-state index in [1.807, 2.05) is 0 Å². The van der Waals surface area contributed by atoms with E-state index in [1.165, 1.54) is 13.2 Å². The van der Waals surface area contributed by atoms with Gasteiger partial charge in [-0.3, -0.25) is 19.3 Å². The van der Waals surface area contributed by atoms with E-state index in [2.05, 4.69) is 20.7 Å². The molecule has 2 heterocycles. The van der Waals surface area contributed by atoms with Gasteiger partial charge in [-0.1, -0.05) is 28.8 Å². The number of thioether (sulfide) groups is 1. The molecular weight excluding hydrogens is 488 g/mol. The number of hydrogen-bond acceptors (Lipinski definition) is 7. The standard InChI is InChI=1S/C21H23BrN2O6S/c1-29-19(26)13-30-16-7-6-15(22)10-14(16)11-17-20(27)24(21(28)31-17)12-18(25)23-8-4-2-3-5-9-23/h6-7,10-11H,2-5,8-9,12-13H2,1H3. The molecule has 0 saturated carbocycles. The molecule has 3 rings (SSSR count). The second-order valence-corrected chi connectivity index (χ2v) is 9.02. The van der Waals surface area contributed by atoms with E-state index in [-0.39, 0.29) is 24.0 Å². The Morgan fingerprint density at radius 2 is 1.87 bits per heavy atom. The van der Waals surface area contributed by atoms with Gasteiger partial charge in [-0.05, 0) is 48.9 Å². The van der Waals surface area contributed by atoms with Crippen LogP contribution in [-0.4, -0.2) is 66.2 Å². The van der Waals surface area contributed by atoms with Crippen LogP contribution in [0.3, 0.4) is 0 Å². The van der Waals surface area contributed by atoms with Crippen LogP contribution in [0.1, 0.15) is 31.2 Å². The quantitative estimate of drug-likeness (QED) is 0.427.